The number of carbonyl (C=O) groups excluding carboxylic acids is 1. The van der Waals surface area contributed by atoms with Gasteiger partial charge in [0.05, 0.1) is 12.5 Å². The molecule has 1 heterocycles. The van der Waals surface area contributed by atoms with Crippen LogP contribution in [0.3, 0.4) is 0 Å². The Bertz CT molecular complexity index is 587. The molecule has 1 saturated heterocycles. The molecule has 1 aliphatic heterocycles. The second kappa shape index (κ2) is 9.90. The molecule has 0 aromatic heterocycles. The van der Waals surface area contributed by atoms with E-state index in [1.807, 2.05) is 0 Å². The fourth-order valence-electron chi connectivity index (χ4n) is 4.44. The summed E-state index contributed by atoms with van der Waals surface area (Å²) in [6, 6.07) is 0. The number of hydrogen-bond acceptors (Lipinski definition) is 5. The second-order valence-corrected chi connectivity index (χ2v) is 7.91. The molecule has 3 aliphatic rings. The number of amides is 1. The van der Waals surface area contributed by atoms with Crippen molar-refractivity contribution in [2.45, 2.75) is 64.6 Å². The van der Waals surface area contributed by atoms with Crippen LogP contribution in [0.4, 0.5) is 4.79 Å². The Balaban J connectivity index is 0.000000465. The summed E-state index contributed by atoms with van der Waals surface area (Å²) in [5.74, 6) is 2.34. The number of hydrogen-bond donors (Lipinski definition) is 4. The normalized spacial score (nSPS) is 35.1. The average Bonchev–Trinajstić information content (AvgIpc) is 2.60. The molecule has 0 aromatic carbocycles. The lowest BCUT2D eigenvalue weighted by Crippen LogP contribution is -2.34. The third-order valence-corrected chi connectivity index (χ3v) is 5.78. The van der Waals surface area contributed by atoms with E-state index < -0.39 is 12.2 Å². The molecule has 0 radical (unpaired) electrons. The summed E-state index contributed by atoms with van der Waals surface area (Å²) >= 11 is 0. The van der Waals surface area contributed by atoms with E-state index in [4.69, 9.17) is 19.8 Å². The highest BCUT2D eigenvalue weighted by molar-refractivity contribution is 5.70. The van der Waals surface area contributed by atoms with Crippen molar-refractivity contribution in [2.75, 3.05) is 0 Å². The van der Waals surface area contributed by atoms with Crippen molar-refractivity contribution in [3.8, 4) is 0 Å². The smallest absolute Gasteiger partial charge is 0.428 e. The van der Waals surface area contributed by atoms with Crippen molar-refractivity contribution in [1.82, 2.24) is 5.48 Å². The molecule has 0 bridgehead atoms. The van der Waals surface area contributed by atoms with Crippen molar-refractivity contribution >= 4 is 12.1 Å². The fraction of sp³-hybridized carbons (Fsp3) is 0.700. The molecule has 0 aromatic rings. The van der Waals surface area contributed by atoms with Gasteiger partial charge in [0.15, 0.2) is 0 Å². The summed E-state index contributed by atoms with van der Waals surface area (Å²) < 4.78 is 5.40. The van der Waals surface area contributed by atoms with Gasteiger partial charge in [0, 0.05) is 6.42 Å². The first kappa shape index (κ1) is 21.4. The predicted octanol–water partition coefficient (Wildman–Crippen LogP) is 3.27. The quantitative estimate of drug-likeness (QED) is 0.339. The SMILES string of the molecule is C[C@H]1C=C2C=C[C@H](C)[C@H](CC[C@@H]3CC(O)CC(=O)O3)[C@H]2CC1.O=C(O)NO. The molecule has 152 valence electrons. The first-order valence-corrected chi connectivity index (χ1v) is 9.70. The summed E-state index contributed by atoms with van der Waals surface area (Å²) in [6.45, 7) is 4.60. The molecule has 1 amide bonds. The number of carboxylic acid groups (broad SMARTS) is 1. The number of rotatable bonds is 3. The van der Waals surface area contributed by atoms with E-state index in [0.29, 0.717) is 30.1 Å². The number of aliphatic hydroxyl groups is 1. The average molecular weight is 381 g/mol. The van der Waals surface area contributed by atoms with Gasteiger partial charge in [-0.15, -0.1) is 0 Å². The highest BCUT2D eigenvalue weighted by Gasteiger charge is 2.34. The van der Waals surface area contributed by atoms with Gasteiger partial charge >= 0.3 is 12.1 Å². The Morgan fingerprint density at radius 3 is 2.63 bits per heavy atom. The van der Waals surface area contributed by atoms with Crippen molar-refractivity contribution in [2.24, 2.45) is 23.7 Å². The van der Waals surface area contributed by atoms with Crippen LogP contribution in [0.1, 0.15) is 52.4 Å². The van der Waals surface area contributed by atoms with Crippen LogP contribution in [0, 0.1) is 23.7 Å². The largest absolute Gasteiger partial charge is 0.464 e. The highest BCUT2D eigenvalue weighted by atomic mass is 16.5. The van der Waals surface area contributed by atoms with Crippen molar-refractivity contribution in [3.63, 3.8) is 0 Å². The lowest BCUT2D eigenvalue weighted by atomic mass is 9.66. The van der Waals surface area contributed by atoms with Gasteiger partial charge in [-0.05, 0) is 54.9 Å². The minimum absolute atomic E-state index is 0.0932. The fourth-order valence-corrected chi connectivity index (χ4v) is 4.44. The van der Waals surface area contributed by atoms with E-state index in [0.717, 1.165) is 18.3 Å². The van der Waals surface area contributed by atoms with Crippen molar-refractivity contribution in [1.29, 1.82) is 0 Å². The zero-order chi connectivity index (χ0) is 20.0. The van der Waals surface area contributed by atoms with E-state index in [9.17, 15) is 9.90 Å². The van der Waals surface area contributed by atoms with Gasteiger partial charge in [0.1, 0.15) is 6.10 Å². The van der Waals surface area contributed by atoms with Crippen LogP contribution >= 0.6 is 0 Å². The maximum atomic E-state index is 11.5. The van der Waals surface area contributed by atoms with Crippen LogP contribution in [0.15, 0.2) is 23.8 Å². The first-order chi connectivity index (χ1) is 12.8. The van der Waals surface area contributed by atoms with E-state index in [-0.39, 0.29) is 18.5 Å². The van der Waals surface area contributed by atoms with Gasteiger partial charge in [0.2, 0.25) is 0 Å². The van der Waals surface area contributed by atoms with E-state index in [1.54, 1.807) is 0 Å². The van der Waals surface area contributed by atoms with Crippen molar-refractivity contribution in [3.05, 3.63) is 23.8 Å². The molecule has 7 nitrogen and oxygen atoms in total. The standard InChI is InChI=1S/C19H28O3.CH3NO3/c1-12-3-7-18-14(9-12)5-4-13(2)17(18)8-6-16-10-15(20)11-19(21)22-16;3-1(4)2-5/h4-5,9,12-13,15-18,20H,3,6-8,10-11H2,1-2H3;2,5H,(H,3,4)/t12-,13+,15?,16-,17+,18+;/m1./s1. The highest BCUT2D eigenvalue weighted by Crippen LogP contribution is 2.43. The van der Waals surface area contributed by atoms with Crippen molar-refractivity contribution < 1.29 is 29.7 Å². The van der Waals surface area contributed by atoms with Crippen LogP contribution in [-0.4, -0.2) is 39.7 Å². The zero-order valence-corrected chi connectivity index (χ0v) is 16.0. The Kier molecular flexibility index (Phi) is 7.86. The maximum absolute atomic E-state index is 11.5. The van der Waals surface area contributed by atoms with Gasteiger partial charge in [-0.2, -0.15) is 0 Å². The maximum Gasteiger partial charge on any atom is 0.428 e. The van der Waals surface area contributed by atoms with Crippen LogP contribution in [-0.2, 0) is 9.53 Å². The van der Waals surface area contributed by atoms with Gasteiger partial charge in [-0.3, -0.25) is 10.0 Å². The Morgan fingerprint density at radius 2 is 2.00 bits per heavy atom. The van der Waals surface area contributed by atoms with Gasteiger partial charge < -0.3 is 14.9 Å². The van der Waals surface area contributed by atoms with E-state index in [2.05, 4.69) is 32.1 Å². The summed E-state index contributed by atoms with van der Waals surface area (Å²) in [4.78, 5) is 20.5. The monoisotopic (exact) mass is 381 g/mol. The lowest BCUT2D eigenvalue weighted by Gasteiger charge is -2.39. The zero-order valence-electron chi connectivity index (χ0n) is 16.0. The topological polar surface area (TPSA) is 116 Å². The number of carbonyl (C=O) groups is 2. The van der Waals surface area contributed by atoms with Gasteiger partial charge in [-0.25, -0.2) is 10.3 Å². The molecule has 6 atom stereocenters. The number of aliphatic hydroxyl groups excluding tert-OH is 1. The second-order valence-electron chi connectivity index (χ2n) is 7.91. The number of nitrogens with one attached hydrogen (secondary N) is 1. The van der Waals surface area contributed by atoms with Crippen LogP contribution in [0.25, 0.3) is 0 Å². The Hall–Kier alpha value is -1.86. The number of fused-ring (bicyclic) bond motifs is 1. The Labute approximate surface area is 160 Å². The van der Waals surface area contributed by atoms with Crippen LogP contribution in [0.5, 0.6) is 0 Å². The summed E-state index contributed by atoms with van der Waals surface area (Å²) in [5, 5.41) is 24.4. The van der Waals surface area contributed by atoms with Crippen LogP contribution < -0.4 is 5.48 Å². The lowest BCUT2D eigenvalue weighted by molar-refractivity contribution is -0.160. The molecule has 1 fully saturated rings. The predicted molar refractivity (Wildman–Crippen MR) is 99.1 cm³/mol. The summed E-state index contributed by atoms with van der Waals surface area (Å²) in [5.41, 5.74) is 2.46. The molecular weight excluding hydrogens is 350 g/mol. The molecule has 27 heavy (non-hydrogen) atoms. The van der Waals surface area contributed by atoms with E-state index in [1.165, 1.54) is 18.4 Å². The molecular formula is C20H31NO6. The number of ether oxygens (including phenoxy) is 1. The third-order valence-electron chi connectivity index (χ3n) is 5.78. The van der Waals surface area contributed by atoms with E-state index >= 15 is 0 Å². The first-order valence-electron chi connectivity index (χ1n) is 9.70. The van der Waals surface area contributed by atoms with Gasteiger partial charge in [-0.1, -0.05) is 32.1 Å². The molecule has 1 unspecified atom stereocenters. The minimum Gasteiger partial charge on any atom is -0.464 e. The number of allylic oxidation sites excluding steroid dienone is 4. The molecule has 0 saturated carbocycles. The minimum atomic E-state index is -1.44. The molecule has 2 aliphatic carbocycles. The molecule has 4 N–H and O–H groups in total. The third kappa shape index (κ3) is 6.36. The summed E-state index contributed by atoms with van der Waals surface area (Å²) in [7, 11) is 0. The van der Waals surface area contributed by atoms with Crippen LogP contribution in [0.2, 0.25) is 0 Å². The molecule has 7 heteroatoms. The number of esters is 1. The number of cyclic esters (lactones) is 1. The Morgan fingerprint density at radius 1 is 1.30 bits per heavy atom. The number of hydroxylamine groups is 1. The molecule has 3 rings (SSSR count). The molecule has 0 spiro atoms. The van der Waals surface area contributed by atoms with Gasteiger partial charge in [0.25, 0.3) is 0 Å². The summed E-state index contributed by atoms with van der Waals surface area (Å²) in [6.07, 6.45) is 10.3.